The van der Waals surface area contributed by atoms with Crippen molar-refractivity contribution in [1.82, 2.24) is 5.32 Å². The third-order valence-electron chi connectivity index (χ3n) is 3.93. The van der Waals surface area contributed by atoms with E-state index in [1.165, 1.54) is 16.9 Å². The van der Waals surface area contributed by atoms with Crippen molar-refractivity contribution in [3.8, 4) is 11.5 Å². The average molecular weight is 333 g/mol. The fourth-order valence-electron chi connectivity index (χ4n) is 2.65. The Balaban J connectivity index is 1.57. The van der Waals surface area contributed by atoms with Gasteiger partial charge in [-0.25, -0.2) is 0 Å². The first-order valence-electron chi connectivity index (χ1n) is 7.98. The molecular weight excluding hydrogens is 310 g/mol. The smallest absolute Gasteiger partial charge is 0.161 e. The van der Waals surface area contributed by atoms with Gasteiger partial charge in [0.15, 0.2) is 11.5 Å². The first-order valence-corrected chi connectivity index (χ1v) is 8.86. The minimum Gasteiger partial charge on any atom is -0.493 e. The summed E-state index contributed by atoms with van der Waals surface area (Å²) in [5.41, 5.74) is 1.19. The molecule has 3 rings (SSSR count). The number of ether oxygens (including phenoxy) is 3. The van der Waals surface area contributed by atoms with Gasteiger partial charge in [-0.05, 0) is 42.0 Å². The molecule has 1 unspecified atom stereocenters. The highest BCUT2D eigenvalue weighted by Gasteiger charge is 2.13. The Bertz CT molecular complexity index is 594. The van der Waals surface area contributed by atoms with Gasteiger partial charge in [-0.3, -0.25) is 0 Å². The van der Waals surface area contributed by atoms with Crippen molar-refractivity contribution < 1.29 is 14.2 Å². The molecule has 1 N–H and O–H groups in total. The van der Waals surface area contributed by atoms with Gasteiger partial charge in [-0.15, -0.1) is 11.3 Å². The third-order valence-corrected chi connectivity index (χ3v) is 4.78. The van der Waals surface area contributed by atoms with Crippen molar-refractivity contribution in [2.24, 2.45) is 0 Å². The maximum Gasteiger partial charge on any atom is 0.161 e. The molecule has 2 aromatic rings. The lowest BCUT2D eigenvalue weighted by Crippen LogP contribution is -2.36. The average Bonchev–Trinajstić information content (AvgIpc) is 3.13. The van der Waals surface area contributed by atoms with Gasteiger partial charge < -0.3 is 19.5 Å². The van der Waals surface area contributed by atoms with E-state index >= 15 is 0 Å². The number of hydrogen-bond donors (Lipinski definition) is 1. The lowest BCUT2D eigenvalue weighted by Gasteiger charge is -2.23. The summed E-state index contributed by atoms with van der Waals surface area (Å²) in [5, 5.41) is 5.60. The topological polar surface area (TPSA) is 39.7 Å². The van der Waals surface area contributed by atoms with Crippen LogP contribution in [0.25, 0.3) is 0 Å². The van der Waals surface area contributed by atoms with Crippen molar-refractivity contribution in [1.29, 1.82) is 0 Å². The number of rotatable bonds is 7. The molecule has 1 aliphatic heterocycles. The molecule has 0 radical (unpaired) electrons. The highest BCUT2D eigenvalue weighted by Crippen LogP contribution is 2.29. The summed E-state index contributed by atoms with van der Waals surface area (Å²) in [6, 6.07) is 10.7. The molecule has 0 amide bonds. The maximum atomic E-state index is 5.87. The van der Waals surface area contributed by atoms with Crippen LogP contribution in [0.4, 0.5) is 0 Å². The van der Waals surface area contributed by atoms with Crippen molar-refractivity contribution in [2.45, 2.75) is 32.0 Å². The van der Waals surface area contributed by atoms with Gasteiger partial charge in [0, 0.05) is 24.1 Å². The minimum atomic E-state index is 0.449. The lowest BCUT2D eigenvalue weighted by atomic mass is 10.1. The van der Waals surface area contributed by atoms with Gasteiger partial charge in [0.1, 0.15) is 6.61 Å². The second-order valence-corrected chi connectivity index (χ2v) is 6.68. The Morgan fingerprint density at radius 1 is 1.30 bits per heavy atom. The van der Waals surface area contributed by atoms with Gasteiger partial charge in [-0.2, -0.15) is 0 Å². The maximum absolute atomic E-state index is 5.87. The van der Waals surface area contributed by atoms with E-state index in [2.05, 4.69) is 22.8 Å². The molecule has 4 nitrogen and oxygen atoms in total. The van der Waals surface area contributed by atoms with Crippen LogP contribution < -0.4 is 14.8 Å². The molecule has 1 fully saturated rings. The zero-order chi connectivity index (χ0) is 15.9. The predicted octanol–water partition coefficient (Wildman–Crippen LogP) is 3.60. The lowest BCUT2D eigenvalue weighted by molar-refractivity contribution is 0.0699. The Morgan fingerprint density at radius 3 is 3.00 bits per heavy atom. The molecule has 23 heavy (non-hydrogen) atoms. The summed E-state index contributed by atoms with van der Waals surface area (Å²) in [7, 11) is 1.68. The molecule has 5 heteroatoms. The fourth-order valence-corrected chi connectivity index (χ4v) is 3.26. The second kappa shape index (κ2) is 8.34. The van der Waals surface area contributed by atoms with Crippen molar-refractivity contribution >= 4 is 11.3 Å². The molecule has 1 aromatic heterocycles. The van der Waals surface area contributed by atoms with Crippen molar-refractivity contribution in [2.75, 3.05) is 20.3 Å². The van der Waals surface area contributed by atoms with E-state index in [9.17, 15) is 0 Å². The van der Waals surface area contributed by atoms with Gasteiger partial charge in [-0.1, -0.05) is 12.1 Å². The number of thiophene rings is 1. The van der Waals surface area contributed by atoms with Crippen LogP contribution in [-0.2, 0) is 17.9 Å². The number of nitrogens with one attached hydrogen (secondary N) is 1. The van der Waals surface area contributed by atoms with Crippen LogP contribution in [0.3, 0.4) is 0 Å². The zero-order valence-corrected chi connectivity index (χ0v) is 14.2. The molecule has 1 aliphatic rings. The molecule has 0 spiro atoms. The highest BCUT2D eigenvalue weighted by molar-refractivity contribution is 7.09. The first-order chi connectivity index (χ1) is 11.3. The van der Waals surface area contributed by atoms with Crippen LogP contribution in [0, 0.1) is 0 Å². The standard InChI is InChI=1S/C18H23NO3S/c1-20-18-10-14(11-19-15-4-2-8-21-12-15)6-7-17(18)22-13-16-5-3-9-23-16/h3,5-7,9-10,15,19H,2,4,8,11-13H2,1H3. The summed E-state index contributed by atoms with van der Waals surface area (Å²) < 4.78 is 16.8. The number of methoxy groups -OCH3 is 1. The van der Waals surface area contributed by atoms with Crippen LogP contribution >= 0.6 is 11.3 Å². The van der Waals surface area contributed by atoms with E-state index in [1.807, 2.05) is 18.2 Å². The van der Waals surface area contributed by atoms with Crippen molar-refractivity contribution in [3.05, 3.63) is 46.2 Å². The van der Waals surface area contributed by atoms with Crippen LogP contribution in [0.15, 0.2) is 35.7 Å². The third kappa shape index (κ3) is 4.70. The molecule has 1 aromatic carbocycles. The number of benzene rings is 1. The fraction of sp³-hybridized carbons (Fsp3) is 0.444. The summed E-state index contributed by atoms with van der Waals surface area (Å²) in [4.78, 5) is 1.20. The van der Waals surface area contributed by atoms with Gasteiger partial charge in [0.25, 0.3) is 0 Å². The normalized spacial score (nSPS) is 17.9. The molecular formula is C18H23NO3S. The van der Waals surface area contributed by atoms with E-state index in [0.29, 0.717) is 12.6 Å². The Kier molecular flexibility index (Phi) is 5.91. The zero-order valence-electron chi connectivity index (χ0n) is 13.4. The van der Waals surface area contributed by atoms with Crippen molar-refractivity contribution in [3.63, 3.8) is 0 Å². The van der Waals surface area contributed by atoms with E-state index in [0.717, 1.165) is 37.7 Å². The van der Waals surface area contributed by atoms with E-state index < -0.39 is 0 Å². The summed E-state index contributed by atoms with van der Waals surface area (Å²) in [6.07, 6.45) is 2.32. The quantitative estimate of drug-likeness (QED) is 0.840. The van der Waals surface area contributed by atoms with Crippen LogP contribution in [-0.4, -0.2) is 26.4 Å². The largest absolute Gasteiger partial charge is 0.493 e. The number of hydrogen-bond acceptors (Lipinski definition) is 5. The molecule has 0 aliphatic carbocycles. The van der Waals surface area contributed by atoms with E-state index in [-0.39, 0.29) is 0 Å². The van der Waals surface area contributed by atoms with Gasteiger partial charge >= 0.3 is 0 Å². The van der Waals surface area contributed by atoms with E-state index in [1.54, 1.807) is 18.4 Å². The molecule has 1 atom stereocenters. The monoisotopic (exact) mass is 333 g/mol. The summed E-state index contributed by atoms with van der Waals surface area (Å²) in [6.45, 7) is 3.09. The molecule has 124 valence electrons. The molecule has 0 saturated carbocycles. The Labute approximate surface area is 141 Å². The second-order valence-electron chi connectivity index (χ2n) is 5.65. The summed E-state index contributed by atoms with van der Waals surface area (Å²) >= 11 is 1.70. The summed E-state index contributed by atoms with van der Waals surface area (Å²) in [5.74, 6) is 1.56. The van der Waals surface area contributed by atoms with Crippen LogP contribution in [0.2, 0.25) is 0 Å². The predicted molar refractivity (Wildman–Crippen MR) is 92.3 cm³/mol. The van der Waals surface area contributed by atoms with Gasteiger partial charge in [0.2, 0.25) is 0 Å². The van der Waals surface area contributed by atoms with Crippen LogP contribution in [0.1, 0.15) is 23.3 Å². The molecule has 2 heterocycles. The molecule has 0 bridgehead atoms. The Hall–Kier alpha value is -1.56. The SMILES string of the molecule is COc1cc(CNC2CCCOC2)ccc1OCc1cccs1. The Morgan fingerprint density at radius 2 is 2.26 bits per heavy atom. The minimum absolute atomic E-state index is 0.449. The van der Waals surface area contributed by atoms with E-state index in [4.69, 9.17) is 14.2 Å². The first kappa shape index (κ1) is 16.3. The highest BCUT2D eigenvalue weighted by atomic mass is 32.1. The molecule has 1 saturated heterocycles. The van der Waals surface area contributed by atoms with Crippen LogP contribution in [0.5, 0.6) is 11.5 Å². The van der Waals surface area contributed by atoms with Gasteiger partial charge in [0.05, 0.1) is 13.7 Å².